The second kappa shape index (κ2) is 3.60. The molecule has 0 aromatic carbocycles. The largest absolute Gasteiger partial charge is 0.474 e. The molecule has 1 aromatic rings. The lowest BCUT2D eigenvalue weighted by Crippen LogP contribution is -2.40. The van der Waals surface area contributed by atoms with E-state index in [4.69, 9.17) is 4.74 Å². The predicted octanol–water partition coefficient (Wildman–Crippen LogP) is 1.08. The number of hydrogen-bond acceptors (Lipinski definition) is 4. The minimum absolute atomic E-state index is 0.200. The molecule has 0 amide bonds. The lowest BCUT2D eigenvalue weighted by Gasteiger charge is -2.29. The summed E-state index contributed by atoms with van der Waals surface area (Å²) in [4.78, 5) is 4.13. The first-order chi connectivity index (χ1) is 8.09. The molecule has 1 aliphatic carbocycles. The standard InChI is InChI=1S/C11H14N2O3S/c1-8-6-10-11(12-7-8)16-5-4-13(10)17(14,15)9-2-3-9/h6-7,9H,2-5H2,1H3. The van der Waals surface area contributed by atoms with Crippen molar-refractivity contribution in [2.45, 2.75) is 25.0 Å². The Morgan fingerprint density at radius 3 is 2.94 bits per heavy atom. The number of ether oxygens (including phenoxy) is 1. The van der Waals surface area contributed by atoms with Gasteiger partial charge in [-0.05, 0) is 31.4 Å². The fourth-order valence-corrected chi connectivity index (χ4v) is 3.81. The normalized spacial score (nSPS) is 19.7. The molecular formula is C11H14N2O3S. The molecule has 0 spiro atoms. The number of rotatable bonds is 2. The van der Waals surface area contributed by atoms with Gasteiger partial charge in [-0.1, -0.05) is 0 Å². The van der Waals surface area contributed by atoms with Gasteiger partial charge in [-0.3, -0.25) is 4.31 Å². The van der Waals surface area contributed by atoms with Crippen molar-refractivity contribution >= 4 is 15.7 Å². The second-order valence-corrected chi connectivity index (χ2v) is 6.64. The topological polar surface area (TPSA) is 59.5 Å². The van der Waals surface area contributed by atoms with Crippen molar-refractivity contribution in [2.75, 3.05) is 17.5 Å². The summed E-state index contributed by atoms with van der Waals surface area (Å²) in [7, 11) is -3.21. The summed E-state index contributed by atoms with van der Waals surface area (Å²) in [6.07, 6.45) is 3.23. The molecule has 0 atom stereocenters. The van der Waals surface area contributed by atoms with Crippen LogP contribution in [0.25, 0.3) is 0 Å². The lowest BCUT2D eigenvalue weighted by molar-refractivity contribution is 0.303. The maximum atomic E-state index is 12.3. The van der Waals surface area contributed by atoms with Crippen molar-refractivity contribution in [3.05, 3.63) is 17.8 Å². The van der Waals surface area contributed by atoms with Crippen LogP contribution in [0.2, 0.25) is 0 Å². The Hall–Kier alpha value is -1.30. The van der Waals surface area contributed by atoms with Crippen molar-refractivity contribution in [3.63, 3.8) is 0 Å². The van der Waals surface area contributed by atoms with Crippen LogP contribution < -0.4 is 9.04 Å². The molecule has 0 unspecified atom stereocenters. The molecule has 1 fully saturated rings. The van der Waals surface area contributed by atoms with Crippen LogP contribution in [0.5, 0.6) is 5.88 Å². The van der Waals surface area contributed by atoms with Gasteiger partial charge in [-0.25, -0.2) is 13.4 Å². The molecule has 3 rings (SSSR count). The Kier molecular flexibility index (Phi) is 2.29. The summed E-state index contributed by atoms with van der Waals surface area (Å²) in [6, 6.07) is 1.82. The third kappa shape index (κ3) is 1.76. The minimum atomic E-state index is -3.21. The van der Waals surface area contributed by atoms with Gasteiger partial charge in [-0.2, -0.15) is 0 Å². The van der Waals surface area contributed by atoms with Crippen LogP contribution >= 0.6 is 0 Å². The van der Waals surface area contributed by atoms with Gasteiger partial charge in [0, 0.05) is 6.20 Å². The molecule has 0 saturated heterocycles. The van der Waals surface area contributed by atoms with E-state index in [9.17, 15) is 8.42 Å². The number of pyridine rings is 1. The predicted molar refractivity (Wildman–Crippen MR) is 63.8 cm³/mol. The smallest absolute Gasteiger partial charge is 0.238 e. The highest BCUT2D eigenvalue weighted by Crippen LogP contribution is 2.38. The fourth-order valence-electron chi connectivity index (χ4n) is 1.99. The number of anilines is 1. The van der Waals surface area contributed by atoms with Gasteiger partial charge < -0.3 is 4.74 Å². The maximum Gasteiger partial charge on any atom is 0.238 e. The SMILES string of the molecule is Cc1cnc2c(c1)N(S(=O)(=O)C1CC1)CCO2. The number of nitrogens with zero attached hydrogens (tertiary/aromatic N) is 2. The van der Waals surface area contributed by atoms with Crippen molar-refractivity contribution in [1.29, 1.82) is 0 Å². The summed E-state index contributed by atoms with van der Waals surface area (Å²) in [5.41, 5.74) is 1.52. The molecule has 1 aromatic heterocycles. The van der Waals surface area contributed by atoms with Crippen LogP contribution in [-0.2, 0) is 10.0 Å². The highest BCUT2D eigenvalue weighted by molar-refractivity contribution is 7.93. The van der Waals surface area contributed by atoms with Crippen LogP contribution in [-0.4, -0.2) is 31.8 Å². The van der Waals surface area contributed by atoms with E-state index in [0.717, 1.165) is 18.4 Å². The van der Waals surface area contributed by atoms with Gasteiger partial charge in [-0.15, -0.1) is 0 Å². The van der Waals surface area contributed by atoms with E-state index in [1.165, 1.54) is 4.31 Å². The summed E-state index contributed by atoms with van der Waals surface area (Å²) in [6.45, 7) is 2.65. The first-order valence-corrected chi connectivity index (χ1v) is 7.20. The van der Waals surface area contributed by atoms with Crippen LogP contribution in [0.15, 0.2) is 12.3 Å². The highest BCUT2D eigenvalue weighted by atomic mass is 32.2. The first kappa shape index (κ1) is 10.8. The van der Waals surface area contributed by atoms with E-state index in [2.05, 4.69) is 4.98 Å². The molecule has 2 heterocycles. The summed E-state index contributed by atoms with van der Waals surface area (Å²) >= 11 is 0. The van der Waals surface area contributed by atoms with Gasteiger partial charge in [0.2, 0.25) is 15.9 Å². The Morgan fingerprint density at radius 1 is 1.47 bits per heavy atom. The average Bonchev–Trinajstić information content (AvgIpc) is 3.12. The van der Waals surface area contributed by atoms with E-state index in [-0.39, 0.29) is 5.25 Å². The Morgan fingerprint density at radius 2 is 2.24 bits per heavy atom. The quantitative estimate of drug-likeness (QED) is 0.792. The second-order valence-electron chi connectivity index (χ2n) is 4.50. The molecule has 1 saturated carbocycles. The minimum Gasteiger partial charge on any atom is -0.474 e. The molecule has 0 N–H and O–H groups in total. The molecule has 6 heteroatoms. The third-order valence-corrected chi connectivity index (χ3v) is 5.33. The lowest BCUT2D eigenvalue weighted by atomic mass is 10.3. The molecule has 0 bridgehead atoms. The van der Waals surface area contributed by atoms with Crippen molar-refractivity contribution in [3.8, 4) is 5.88 Å². The van der Waals surface area contributed by atoms with E-state index in [0.29, 0.717) is 24.7 Å². The van der Waals surface area contributed by atoms with E-state index in [1.54, 1.807) is 6.20 Å². The molecular weight excluding hydrogens is 240 g/mol. The van der Waals surface area contributed by atoms with Crippen LogP contribution in [0.1, 0.15) is 18.4 Å². The summed E-state index contributed by atoms with van der Waals surface area (Å²) < 4.78 is 31.4. The van der Waals surface area contributed by atoms with Crippen molar-refractivity contribution < 1.29 is 13.2 Å². The molecule has 17 heavy (non-hydrogen) atoms. The first-order valence-electron chi connectivity index (χ1n) is 5.70. The number of fused-ring (bicyclic) bond motifs is 1. The van der Waals surface area contributed by atoms with Crippen molar-refractivity contribution in [1.82, 2.24) is 4.98 Å². The zero-order chi connectivity index (χ0) is 12.0. The van der Waals surface area contributed by atoms with Crippen LogP contribution in [0.4, 0.5) is 5.69 Å². The van der Waals surface area contributed by atoms with Crippen molar-refractivity contribution in [2.24, 2.45) is 0 Å². The summed E-state index contributed by atoms with van der Waals surface area (Å²) in [5, 5.41) is -0.200. The Balaban J connectivity index is 2.07. The van der Waals surface area contributed by atoms with Gasteiger partial charge in [0.25, 0.3) is 0 Å². The number of aromatic nitrogens is 1. The molecule has 1 aliphatic heterocycles. The van der Waals surface area contributed by atoms with Crippen LogP contribution in [0.3, 0.4) is 0 Å². The van der Waals surface area contributed by atoms with Crippen LogP contribution in [0, 0.1) is 6.92 Å². The van der Waals surface area contributed by atoms with Gasteiger partial charge in [0.05, 0.1) is 11.8 Å². The van der Waals surface area contributed by atoms with Gasteiger partial charge in [0.15, 0.2) is 0 Å². The Labute approximate surface area is 100 Å². The van der Waals surface area contributed by atoms with Gasteiger partial charge >= 0.3 is 0 Å². The molecule has 2 aliphatic rings. The Bertz CT molecular complexity index is 552. The fraction of sp³-hybridized carbons (Fsp3) is 0.545. The summed E-state index contributed by atoms with van der Waals surface area (Å²) in [5.74, 6) is 0.422. The third-order valence-electron chi connectivity index (χ3n) is 3.02. The number of hydrogen-bond donors (Lipinski definition) is 0. The molecule has 5 nitrogen and oxygen atoms in total. The monoisotopic (exact) mass is 254 g/mol. The molecule has 0 radical (unpaired) electrons. The average molecular weight is 254 g/mol. The van der Waals surface area contributed by atoms with Gasteiger partial charge in [0.1, 0.15) is 12.3 Å². The zero-order valence-corrected chi connectivity index (χ0v) is 10.4. The zero-order valence-electron chi connectivity index (χ0n) is 9.59. The maximum absolute atomic E-state index is 12.3. The van der Waals surface area contributed by atoms with E-state index >= 15 is 0 Å². The molecule has 92 valence electrons. The highest BCUT2D eigenvalue weighted by Gasteiger charge is 2.42. The van der Waals surface area contributed by atoms with E-state index in [1.807, 2.05) is 13.0 Å². The number of sulfonamides is 1. The van der Waals surface area contributed by atoms with E-state index < -0.39 is 10.0 Å². The number of aryl methyl sites for hydroxylation is 1.